The van der Waals surface area contributed by atoms with Gasteiger partial charge in [-0.2, -0.15) is 5.10 Å². The molecule has 2 unspecified atom stereocenters. The maximum Gasteiger partial charge on any atom is 0.246 e. The fraction of sp³-hybridized carbons (Fsp3) is 0.643. The first-order valence-electron chi connectivity index (χ1n) is 7.15. The number of nitrogens with one attached hydrogen (secondary N) is 1. The van der Waals surface area contributed by atoms with Crippen LogP contribution in [-0.2, 0) is 23.1 Å². The lowest BCUT2D eigenvalue weighted by Crippen LogP contribution is -2.52. The highest BCUT2D eigenvalue weighted by Gasteiger charge is 2.34. The van der Waals surface area contributed by atoms with E-state index < -0.39 is 0 Å². The van der Waals surface area contributed by atoms with Crippen molar-refractivity contribution in [2.75, 3.05) is 7.05 Å². The van der Waals surface area contributed by atoms with Crippen molar-refractivity contribution in [3.63, 3.8) is 0 Å². The molecular formula is C14H20N4O2. The Labute approximate surface area is 118 Å². The van der Waals surface area contributed by atoms with Gasteiger partial charge in [-0.1, -0.05) is 0 Å². The number of rotatable bonds is 2. The molecule has 108 valence electrons. The van der Waals surface area contributed by atoms with Crippen LogP contribution in [0.1, 0.15) is 43.0 Å². The van der Waals surface area contributed by atoms with E-state index in [-0.39, 0.29) is 23.9 Å². The van der Waals surface area contributed by atoms with Crippen LogP contribution >= 0.6 is 0 Å². The fourth-order valence-corrected chi connectivity index (χ4v) is 3.19. The summed E-state index contributed by atoms with van der Waals surface area (Å²) in [7, 11) is 3.52. The van der Waals surface area contributed by atoms with Crippen LogP contribution in [0.4, 0.5) is 0 Å². The van der Waals surface area contributed by atoms with Crippen LogP contribution in [0.5, 0.6) is 0 Å². The topological polar surface area (TPSA) is 67.2 Å². The molecule has 3 rings (SSSR count). The number of likely N-dealkylation sites (N-methyl/N-ethyl adjacent to an activating group) is 1. The third-order valence-electron chi connectivity index (χ3n) is 4.43. The average Bonchev–Trinajstić information content (AvgIpc) is 2.82. The highest BCUT2D eigenvalue weighted by atomic mass is 16.2. The van der Waals surface area contributed by atoms with Gasteiger partial charge in [-0.3, -0.25) is 24.5 Å². The van der Waals surface area contributed by atoms with Crippen molar-refractivity contribution in [3.05, 3.63) is 17.5 Å². The Bertz CT molecular complexity index is 551. The quantitative estimate of drug-likeness (QED) is 0.800. The Balaban J connectivity index is 1.76. The van der Waals surface area contributed by atoms with E-state index in [9.17, 15) is 9.59 Å². The number of aromatic nitrogens is 2. The summed E-state index contributed by atoms with van der Waals surface area (Å²) in [5, 5.41) is 7.75. The van der Waals surface area contributed by atoms with Crippen LogP contribution in [0.2, 0.25) is 0 Å². The second kappa shape index (κ2) is 5.01. The van der Waals surface area contributed by atoms with E-state index in [1.165, 1.54) is 16.2 Å². The molecule has 1 aromatic rings. The molecule has 1 saturated heterocycles. The van der Waals surface area contributed by atoms with E-state index in [1.807, 2.05) is 17.9 Å². The van der Waals surface area contributed by atoms with Crippen LogP contribution in [0, 0.1) is 0 Å². The number of carbonyl (C=O) groups excluding carboxylic acids is 2. The van der Waals surface area contributed by atoms with E-state index in [2.05, 4.69) is 10.4 Å². The van der Waals surface area contributed by atoms with Crippen LogP contribution in [0.15, 0.2) is 6.20 Å². The molecule has 0 saturated carbocycles. The summed E-state index contributed by atoms with van der Waals surface area (Å²) in [4.78, 5) is 24.9. The van der Waals surface area contributed by atoms with Crippen LogP contribution in [-0.4, -0.2) is 39.6 Å². The van der Waals surface area contributed by atoms with E-state index in [0.717, 1.165) is 19.3 Å². The third kappa shape index (κ3) is 2.14. The molecule has 20 heavy (non-hydrogen) atoms. The van der Waals surface area contributed by atoms with Gasteiger partial charge in [0.1, 0.15) is 0 Å². The number of hydrogen-bond acceptors (Lipinski definition) is 4. The van der Waals surface area contributed by atoms with Gasteiger partial charge in [0.15, 0.2) is 0 Å². The molecule has 6 nitrogen and oxygen atoms in total. The number of aryl methyl sites for hydroxylation is 1. The molecule has 0 aromatic carbocycles. The summed E-state index contributed by atoms with van der Waals surface area (Å²) >= 11 is 0. The van der Waals surface area contributed by atoms with Gasteiger partial charge in [0, 0.05) is 37.8 Å². The maximum absolute atomic E-state index is 12.1. The first kappa shape index (κ1) is 13.3. The zero-order chi connectivity index (χ0) is 14.3. The lowest BCUT2D eigenvalue weighted by molar-refractivity contribution is -0.148. The normalized spacial score (nSPS) is 26.8. The molecule has 2 heterocycles. The van der Waals surface area contributed by atoms with Gasteiger partial charge in [-0.05, 0) is 25.7 Å². The third-order valence-corrected chi connectivity index (χ3v) is 4.43. The predicted molar refractivity (Wildman–Crippen MR) is 72.8 cm³/mol. The number of amides is 2. The monoisotopic (exact) mass is 276 g/mol. The lowest BCUT2D eigenvalue weighted by Gasteiger charge is -2.33. The molecule has 1 N–H and O–H groups in total. The number of likely N-dealkylation sites (tertiary alicyclic amines) is 1. The first-order chi connectivity index (χ1) is 9.58. The molecule has 1 fully saturated rings. The summed E-state index contributed by atoms with van der Waals surface area (Å²) in [6, 6.07) is -0.0862. The van der Waals surface area contributed by atoms with Crippen molar-refractivity contribution < 1.29 is 9.59 Å². The van der Waals surface area contributed by atoms with Crippen LogP contribution in [0.25, 0.3) is 0 Å². The standard InChI is InChI=1S/C14H20N4O2/c1-17-13(19)7-6-11(14(17)20)16-10-4-3-5-12-9(10)8-15-18(12)2/h8,10-11,16H,3-7H2,1-2H3. The van der Waals surface area contributed by atoms with Crippen molar-refractivity contribution in [2.45, 2.75) is 44.2 Å². The number of hydrogen-bond donors (Lipinski definition) is 1. The minimum atomic E-state index is -0.256. The molecule has 1 aliphatic heterocycles. The molecule has 2 amide bonds. The highest BCUT2D eigenvalue weighted by molar-refractivity contribution is 6.00. The number of carbonyl (C=O) groups is 2. The van der Waals surface area contributed by atoms with Crippen molar-refractivity contribution in [3.8, 4) is 0 Å². The maximum atomic E-state index is 12.1. The molecule has 6 heteroatoms. The van der Waals surface area contributed by atoms with Crippen molar-refractivity contribution >= 4 is 11.8 Å². The molecule has 0 spiro atoms. The van der Waals surface area contributed by atoms with Crippen molar-refractivity contribution in [1.29, 1.82) is 0 Å². The summed E-state index contributed by atoms with van der Waals surface area (Å²) < 4.78 is 1.92. The Morgan fingerprint density at radius 1 is 1.20 bits per heavy atom. The second-order valence-electron chi connectivity index (χ2n) is 5.66. The molecule has 0 bridgehead atoms. The minimum absolute atomic E-state index is 0.0845. The van der Waals surface area contributed by atoms with Gasteiger partial charge in [0.2, 0.25) is 11.8 Å². The average molecular weight is 276 g/mol. The van der Waals surface area contributed by atoms with Gasteiger partial charge in [0.05, 0.1) is 12.2 Å². The Morgan fingerprint density at radius 3 is 2.80 bits per heavy atom. The largest absolute Gasteiger partial charge is 0.299 e. The van der Waals surface area contributed by atoms with Gasteiger partial charge >= 0.3 is 0 Å². The zero-order valence-electron chi connectivity index (χ0n) is 11.9. The van der Waals surface area contributed by atoms with Crippen LogP contribution < -0.4 is 5.32 Å². The number of imide groups is 1. The van der Waals surface area contributed by atoms with E-state index in [0.29, 0.717) is 12.8 Å². The Morgan fingerprint density at radius 2 is 2.00 bits per heavy atom. The predicted octanol–water partition coefficient (Wildman–Crippen LogP) is 0.534. The number of nitrogens with zero attached hydrogens (tertiary/aromatic N) is 3. The minimum Gasteiger partial charge on any atom is -0.299 e. The molecule has 2 aliphatic rings. The van der Waals surface area contributed by atoms with Gasteiger partial charge in [-0.15, -0.1) is 0 Å². The number of piperidine rings is 1. The SMILES string of the molecule is CN1C(=O)CCC(NC2CCCc3c2cnn3C)C1=O. The van der Waals surface area contributed by atoms with Gasteiger partial charge in [-0.25, -0.2) is 0 Å². The summed E-state index contributed by atoms with van der Waals surface area (Å²) in [5.41, 5.74) is 2.45. The second-order valence-corrected chi connectivity index (χ2v) is 5.66. The number of fused-ring (bicyclic) bond motifs is 1. The lowest BCUT2D eigenvalue weighted by atomic mass is 9.91. The first-order valence-corrected chi connectivity index (χ1v) is 7.15. The molecule has 1 aromatic heterocycles. The fourth-order valence-electron chi connectivity index (χ4n) is 3.19. The molecule has 1 aliphatic carbocycles. The van der Waals surface area contributed by atoms with E-state index in [4.69, 9.17) is 0 Å². The van der Waals surface area contributed by atoms with Crippen LogP contribution in [0.3, 0.4) is 0 Å². The Hall–Kier alpha value is -1.69. The summed E-state index contributed by atoms with van der Waals surface area (Å²) in [6.45, 7) is 0. The zero-order valence-corrected chi connectivity index (χ0v) is 11.9. The smallest absolute Gasteiger partial charge is 0.246 e. The van der Waals surface area contributed by atoms with E-state index in [1.54, 1.807) is 7.05 Å². The summed E-state index contributed by atoms with van der Waals surface area (Å²) in [6.07, 6.45) is 6.08. The van der Waals surface area contributed by atoms with E-state index >= 15 is 0 Å². The summed E-state index contributed by atoms with van der Waals surface area (Å²) in [5.74, 6) is -0.198. The Kier molecular flexibility index (Phi) is 3.33. The van der Waals surface area contributed by atoms with Gasteiger partial charge in [0.25, 0.3) is 0 Å². The van der Waals surface area contributed by atoms with Gasteiger partial charge < -0.3 is 0 Å². The molecule has 2 atom stereocenters. The molecular weight excluding hydrogens is 256 g/mol. The molecule has 0 radical (unpaired) electrons. The van der Waals surface area contributed by atoms with Crippen molar-refractivity contribution in [2.24, 2.45) is 7.05 Å². The van der Waals surface area contributed by atoms with Crippen molar-refractivity contribution in [1.82, 2.24) is 20.0 Å². The highest BCUT2D eigenvalue weighted by Crippen LogP contribution is 2.30.